The molecule has 2 fully saturated rings. The average molecular weight is 269 g/mol. The third-order valence-electron chi connectivity index (χ3n) is 3.05. The van der Waals surface area contributed by atoms with Crippen LogP contribution < -0.4 is 5.32 Å². The van der Waals surface area contributed by atoms with Crippen LogP contribution in [0.4, 0.5) is 0 Å². The van der Waals surface area contributed by atoms with Gasteiger partial charge in [-0.1, -0.05) is 0 Å². The maximum absolute atomic E-state index is 11.2. The van der Waals surface area contributed by atoms with E-state index in [1.165, 1.54) is 0 Å². The molecule has 1 N–H and O–H groups in total. The number of amides is 2. The molecule has 2 rings (SSSR count). The first-order chi connectivity index (χ1) is 8.94. The van der Waals surface area contributed by atoms with Crippen molar-refractivity contribution in [2.24, 2.45) is 0 Å². The van der Waals surface area contributed by atoms with E-state index in [0.29, 0.717) is 6.54 Å². The summed E-state index contributed by atoms with van der Waals surface area (Å²) >= 11 is 0. The molecule has 8 nitrogen and oxygen atoms in total. The van der Waals surface area contributed by atoms with Gasteiger partial charge in [-0.25, -0.2) is 0 Å². The van der Waals surface area contributed by atoms with Gasteiger partial charge >= 0.3 is 11.9 Å². The normalized spacial score (nSPS) is 24.1. The van der Waals surface area contributed by atoms with Crippen molar-refractivity contribution in [3.05, 3.63) is 0 Å². The summed E-state index contributed by atoms with van der Waals surface area (Å²) in [6.07, 6.45) is 0. The average Bonchev–Trinajstić information content (AvgIpc) is 2.25. The Morgan fingerprint density at radius 1 is 1.05 bits per heavy atom. The fraction of sp³-hybridized carbons (Fsp3) is 0.636. The first kappa shape index (κ1) is 13.6. The number of esters is 2. The molecule has 0 saturated carbocycles. The molecule has 0 aromatic carbocycles. The Labute approximate surface area is 109 Å². The van der Waals surface area contributed by atoms with Crippen LogP contribution in [0.1, 0.15) is 6.92 Å². The number of hydrogen-bond acceptors (Lipinski definition) is 7. The van der Waals surface area contributed by atoms with Gasteiger partial charge in [0, 0.05) is 12.6 Å². The molecule has 0 aromatic heterocycles. The highest BCUT2D eigenvalue weighted by atomic mass is 16.6. The largest absolute Gasteiger partial charge is 0.391 e. The number of morpholine rings is 1. The van der Waals surface area contributed by atoms with E-state index in [4.69, 9.17) is 0 Å². The number of piperazine rings is 1. The van der Waals surface area contributed by atoms with Gasteiger partial charge in [0.2, 0.25) is 11.8 Å². The minimum Gasteiger partial charge on any atom is -0.391 e. The summed E-state index contributed by atoms with van der Waals surface area (Å²) in [6, 6.07) is -0.129. The van der Waals surface area contributed by atoms with Gasteiger partial charge in [0.05, 0.1) is 26.2 Å². The number of ether oxygens (including phenoxy) is 1. The highest BCUT2D eigenvalue weighted by Crippen LogP contribution is 2.08. The molecule has 2 amide bonds. The molecule has 2 saturated heterocycles. The van der Waals surface area contributed by atoms with Crippen LogP contribution in [0.25, 0.3) is 0 Å². The molecule has 104 valence electrons. The second-order valence-electron chi connectivity index (χ2n) is 4.74. The van der Waals surface area contributed by atoms with Crippen molar-refractivity contribution in [3.8, 4) is 0 Å². The molecular formula is C11H15N3O5. The zero-order chi connectivity index (χ0) is 14.0. The molecule has 8 heteroatoms. The molecule has 19 heavy (non-hydrogen) atoms. The van der Waals surface area contributed by atoms with Gasteiger partial charge in [-0.2, -0.15) is 0 Å². The monoisotopic (exact) mass is 269 g/mol. The van der Waals surface area contributed by atoms with E-state index in [1.54, 1.807) is 9.80 Å². The van der Waals surface area contributed by atoms with Gasteiger partial charge in [0.1, 0.15) is 0 Å². The Hall–Kier alpha value is -1.80. The minimum atomic E-state index is -0.574. The zero-order valence-electron chi connectivity index (χ0n) is 10.5. The summed E-state index contributed by atoms with van der Waals surface area (Å²) in [4.78, 5) is 48.2. The number of carbonyl (C=O) groups excluding carboxylic acids is 4. The van der Waals surface area contributed by atoms with Crippen LogP contribution in [0.15, 0.2) is 0 Å². The van der Waals surface area contributed by atoms with E-state index >= 15 is 0 Å². The second kappa shape index (κ2) is 5.45. The highest BCUT2D eigenvalue weighted by Gasteiger charge is 2.30. The number of nitrogens with zero attached hydrogens (tertiary/aromatic N) is 2. The topological polar surface area (TPSA) is 96.0 Å². The van der Waals surface area contributed by atoms with Crippen molar-refractivity contribution in [2.75, 3.05) is 32.7 Å². The lowest BCUT2D eigenvalue weighted by molar-refractivity contribution is -0.168. The predicted octanol–water partition coefficient (Wildman–Crippen LogP) is -2.28. The Kier molecular flexibility index (Phi) is 3.91. The fourth-order valence-electron chi connectivity index (χ4n) is 2.21. The van der Waals surface area contributed by atoms with Gasteiger partial charge in [-0.3, -0.25) is 34.3 Å². The van der Waals surface area contributed by atoms with Crippen LogP contribution in [-0.4, -0.2) is 72.3 Å². The van der Waals surface area contributed by atoms with E-state index < -0.39 is 11.9 Å². The summed E-state index contributed by atoms with van der Waals surface area (Å²) in [7, 11) is 0. The highest BCUT2D eigenvalue weighted by molar-refractivity contribution is 5.99. The number of carbonyl (C=O) groups is 4. The van der Waals surface area contributed by atoms with E-state index in [0.717, 1.165) is 0 Å². The van der Waals surface area contributed by atoms with Crippen molar-refractivity contribution >= 4 is 23.8 Å². The lowest BCUT2D eigenvalue weighted by Crippen LogP contribution is -2.56. The van der Waals surface area contributed by atoms with Gasteiger partial charge in [-0.05, 0) is 6.92 Å². The number of hydrogen-bond donors (Lipinski definition) is 1. The lowest BCUT2D eigenvalue weighted by atomic mass is 10.2. The summed E-state index contributed by atoms with van der Waals surface area (Å²) in [6.45, 7) is 2.63. The SMILES string of the molecule is C[C@@H](CN1CC(=O)NC(=O)C1)N1CC(=O)OC(=O)C1. The maximum Gasteiger partial charge on any atom is 0.327 e. The minimum absolute atomic E-state index is 0.0425. The van der Waals surface area contributed by atoms with Crippen molar-refractivity contribution in [1.82, 2.24) is 15.1 Å². The van der Waals surface area contributed by atoms with Crippen LogP contribution in [0.2, 0.25) is 0 Å². The summed E-state index contributed by atoms with van der Waals surface area (Å²) in [5.41, 5.74) is 0. The molecule has 2 aliphatic rings. The van der Waals surface area contributed by atoms with E-state index in [1.807, 2.05) is 6.92 Å². The number of imide groups is 1. The van der Waals surface area contributed by atoms with Crippen molar-refractivity contribution in [1.29, 1.82) is 0 Å². The number of rotatable bonds is 3. The van der Waals surface area contributed by atoms with Crippen LogP contribution in [0.3, 0.4) is 0 Å². The summed E-state index contributed by atoms with van der Waals surface area (Å²) < 4.78 is 4.44. The number of cyclic esters (lactones) is 2. The van der Waals surface area contributed by atoms with Gasteiger partial charge < -0.3 is 4.74 Å². The number of nitrogens with one attached hydrogen (secondary N) is 1. The molecule has 0 radical (unpaired) electrons. The van der Waals surface area contributed by atoms with Gasteiger partial charge in [0.25, 0.3) is 0 Å². The van der Waals surface area contributed by atoms with Crippen molar-refractivity contribution in [2.45, 2.75) is 13.0 Å². The predicted molar refractivity (Wildman–Crippen MR) is 61.7 cm³/mol. The molecule has 0 aliphatic carbocycles. The maximum atomic E-state index is 11.2. The standard InChI is InChI=1S/C11H15N3O5/c1-7(14-5-10(17)19-11(18)6-14)2-13-3-8(15)12-9(16)4-13/h7H,2-6H2,1H3,(H,12,15,16)/t7-/m0/s1. The molecule has 2 aliphatic heterocycles. The Balaban J connectivity index is 1.91. The van der Waals surface area contributed by atoms with E-state index in [2.05, 4.69) is 10.1 Å². The molecule has 2 heterocycles. The van der Waals surface area contributed by atoms with Crippen LogP contribution >= 0.6 is 0 Å². The van der Waals surface area contributed by atoms with E-state index in [9.17, 15) is 19.2 Å². The smallest absolute Gasteiger partial charge is 0.327 e. The van der Waals surface area contributed by atoms with Crippen LogP contribution in [0, 0.1) is 0 Å². The molecule has 1 atom stereocenters. The molecule has 0 spiro atoms. The lowest BCUT2D eigenvalue weighted by Gasteiger charge is -2.34. The van der Waals surface area contributed by atoms with E-state index in [-0.39, 0.29) is 44.0 Å². The summed E-state index contributed by atoms with van der Waals surface area (Å²) in [5.74, 6) is -1.82. The van der Waals surface area contributed by atoms with Crippen molar-refractivity contribution < 1.29 is 23.9 Å². The third-order valence-corrected chi connectivity index (χ3v) is 3.05. The molecule has 0 unspecified atom stereocenters. The van der Waals surface area contributed by atoms with Crippen LogP contribution in [0.5, 0.6) is 0 Å². The first-order valence-corrected chi connectivity index (χ1v) is 5.96. The molecule has 0 bridgehead atoms. The fourth-order valence-corrected chi connectivity index (χ4v) is 2.21. The molecular weight excluding hydrogens is 254 g/mol. The van der Waals surface area contributed by atoms with Crippen molar-refractivity contribution in [3.63, 3.8) is 0 Å². The Bertz CT molecular complexity index is 404. The zero-order valence-corrected chi connectivity index (χ0v) is 10.5. The second-order valence-corrected chi connectivity index (χ2v) is 4.74. The quantitative estimate of drug-likeness (QED) is 0.350. The Morgan fingerprint density at radius 2 is 1.58 bits per heavy atom. The third kappa shape index (κ3) is 3.58. The Morgan fingerprint density at radius 3 is 2.11 bits per heavy atom. The molecule has 0 aromatic rings. The van der Waals surface area contributed by atoms with Gasteiger partial charge in [0.15, 0.2) is 0 Å². The van der Waals surface area contributed by atoms with Crippen LogP contribution in [-0.2, 0) is 23.9 Å². The first-order valence-electron chi connectivity index (χ1n) is 5.96. The van der Waals surface area contributed by atoms with Gasteiger partial charge in [-0.15, -0.1) is 0 Å². The summed E-state index contributed by atoms with van der Waals surface area (Å²) in [5, 5.41) is 2.21.